The fourth-order valence-corrected chi connectivity index (χ4v) is 1.82. The molecule has 0 aliphatic carbocycles. The molecule has 2 rings (SSSR count). The molecule has 1 aromatic rings. The summed E-state index contributed by atoms with van der Waals surface area (Å²) in [6.45, 7) is 7.02. The van der Waals surface area contributed by atoms with Gasteiger partial charge in [0.25, 0.3) is 0 Å². The third-order valence-corrected chi connectivity index (χ3v) is 2.64. The summed E-state index contributed by atoms with van der Waals surface area (Å²) in [5.41, 5.74) is 0.783. The molecule has 0 unspecified atom stereocenters. The minimum Gasteiger partial charge on any atom is -0.444 e. The van der Waals surface area contributed by atoms with Crippen LogP contribution in [0.25, 0.3) is 0 Å². The van der Waals surface area contributed by atoms with Gasteiger partial charge < -0.3 is 9.64 Å². The molecule has 0 fully saturated rings. The van der Waals surface area contributed by atoms with Crippen LogP contribution in [0, 0.1) is 11.3 Å². The molecule has 96 valence electrons. The van der Waals surface area contributed by atoms with Gasteiger partial charge in [0, 0.05) is 6.54 Å². The van der Waals surface area contributed by atoms with E-state index in [0.29, 0.717) is 25.2 Å². The van der Waals surface area contributed by atoms with E-state index in [-0.39, 0.29) is 6.09 Å². The molecule has 0 N–H and O–H groups in total. The number of aromatic nitrogens is 2. The van der Waals surface area contributed by atoms with E-state index in [1.807, 2.05) is 20.8 Å². The van der Waals surface area contributed by atoms with Crippen molar-refractivity contribution in [1.29, 1.82) is 5.26 Å². The Hall–Kier alpha value is -2.03. The smallest absolute Gasteiger partial charge is 0.410 e. The number of amides is 1. The summed E-state index contributed by atoms with van der Waals surface area (Å²) < 4.78 is 7.08. The number of fused-ring (bicyclic) bond motifs is 1. The summed E-state index contributed by atoms with van der Waals surface area (Å²) in [5.74, 6) is 0. The lowest BCUT2D eigenvalue weighted by Gasteiger charge is -2.30. The molecule has 0 saturated heterocycles. The largest absolute Gasteiger partial charge is 0.444 e. The molecule has 6 heteroatoms. The van der Waals surface area contributed by atoms with Crippen LogP contribution in [0.5, 0.6) is 0 Å². The minimum absolute atomic E-state index is 0.348. The van der Waals surface area contributed by atoms with E-state index in [1.165, 1.54) is 6.20 Å². The van der Waals surface area contributed by atoms with Crippen LogP contribution in [-0.4, -0.2) is 32.9 Å². The Balaban J connectivity index is 2.12. The van der Waals surface area contributed by atoms with Crippen LogP contribution in [0.4, 0.5) is 4.79 Å². The van der Waals surface area contributed by atoms with E-state index in [9.17, 15) is 4.79 Å². The Morgan fingerprint density at radius 1 is 1.50 bits per heavy atom. The highest BCUT2D eigenvalue weighted by Crippen LogP contribution is 2.18. The van der Waals surface area contributed by atoms with Crippen molar-refractivity contribution in [1.82, 2.24) is 14.7 Å². The number of carbonyl (C=O) groups excluding carboxylic acids is 1. The maximum absolute atomic E-state index is 11.9. The molecule has 1 amide bonds. The number of ether oxygens (including phenoxy) is 1. The first kappa shape index (κ1) is 12.4. The highest BCUT2D eigenvalue weighted by molar-refractivity contribution is 5.68. The number of hydrogen-bond acceptors (Lipinski definition) is 4. The van der Waals surface area contributed by atoms with E-state index in [2.05, 4.69) is 11.2 Å². The summed E-state index contributed by atoms with van der Waals surface area (Å²) in [4.78, 5) is 13.5. The molecule has 6 nitrogen and oxygen atoms in total. The maximum Gasteiger partial charge on any atom is 0.410 e. The van der Waals surface area contributed by atoms with Crippen LogP contribution in [0.1, 0.15) is 32.0 Å². The third kappa shape index (κ3) is 2.45. The van der Waals surface area contributed by atoms with Gasteiger partial charge in [-0.1, -0.05) is 0 Å². The van der Waals surface area contributed by atoms with Crippen molar-refractivity contribution in [3.8, 4) is 6.07 Å². The SMILES string of the molecule is CC(C)(C)OC(=O)N1CCn2ncc(C#N)c2C1. The molecule has 1 aromatic heterocycles. The molecule has 0 spiro atoms. The monoisotopic (exact) mass is 248 g/mol. The molecule has 0 bridgehead atoms. The Kier molecular flexibility index (Phi) is 2.99. The fourth-order valence-electron chi connectivity index (χ4n) is 1.82. The van der Waals surface area contributed by atoms with Crippen LogP contribution >= 0.6 is 0 Å². The molecular formula is C12H16N4O2. The zero-order valence-corrected chi connectivity index (χ0v) is 10.8. The maximum atomic E-state index is 11.9. The highest BCUT2D eigenvalue weighted by Gasteiger charge is 2.27. The van der Waals surface area contributed by atoms with Crippen molar-refractivity contribution in [2.24, 2.45) is 0 Å². The standard InChI is InChI=1S/C12H16N4O2/c1-12(2,3)18-11(17)15-4-5-16-10(8-15)9(6-13)7-14-16/h7H,4-5,8H2,1-3H3. The Labute approximate surface area is 106 Å². The van der Waals surface area contributed by atoms with Gasteiger partial charge in [0.15, 0.2) is 0 Å². The summed E-state index contributed by atoms with van der Waals surface area (Å²) >= 11 is 0. The Morgan fingerprint density at radius 3 is 2.83 bits per heavy atom. The number of carbonyl (C=O) groups is 1. The van der Waals surface area contributed by atoms with Crippen LogP contribution in [0.15, 0.2) is 6.20 Å². The third-order valence-electron chi connectivity index (χ3n) is 2.64. The second-order valence-corrected chi connectivity index (χ2v) is 5.24. The molecule has 0 radical (unpaired) electrons. The van der Waals surface area contributed by atoms with E-state index < -0.39 is 5.60 Å². The summed E-state index contributed by atoms with van der Waals surface area (Å²) in [5, 5.41) is 13.1. The molecule has 18 heavy (non-hydrogen) atoms. The van der Waals surface area contributed by atoms with E-state index in [4.69, 9.17) is 10.00 Å². The number of hydrogen-bond donors (Lipinski definition) is 0. The lowest BCUT2D eigenvalue weighted by molar-refractivity contribution is 0.0194. The van der Waals surface area contributed by atoms with Crippen molar-refractivity contribution in [3.05, 3.63) is 17.5 Å². The predicted octanol–water partition coefficient (Wildman–Crippen LogP) is 1.51. The highest BCUT2D eigenvalue weighted by atomic mass is 16.6. The molecule has 1 aliphatic rings. The van der Waals surface area contributed by atoms with Gasteiger partial charge >= 0.3 is 6.09 Å². The Morgan fingerprint density at radius 2 is 2.22 bits per heavy atom. The van der Waals surface area contributed by atoms with Gasteiger partial charge in [-0.05, 0) is 20.8 Å². The summed E-state index contributed by atoms with van der Waals surface area (Å²) in [7, 11) is 0. The van der Waals surface area contributed by atoms with Crippen molar-refractivity contribution in [3.63, 3.8) is 0 Å². The second kappa shape index (κ2) is 4.33. The fraction of sp³-hybridized carbons (Fsp3) is 0.583. The molecule has 0 saturated carbocycles. The normalized spacial score (nSPS) is 14.9. The first-order valence-corrected chi connectivity index (χ1v) is 5.83. The lowest BCUT2D eigenvalue weighted by atomic mass is 10.2. The minimum atomic E-state index is -0.507. The molecule has 0 aromatic carbocycles. The zero-order chi connectivity index (χ0) is 13.3. The van der Waals surface area contributed by atoms with Gasteiger partial charge in [0.1, 0.15) is 11.7 Å². The first-order chi connectivity index (χ1) is 8.40. The molecule has 1 aliphatic heterocycles. The first-order valence-electron chi connectivity index (χ1n) is 5.83. The zero-order valence-electron chi connectivity index (χ0n) is 10.8. The van der Waals surface area contributed by atoms with Crippen molar-refractivity contribution in [2.75, 3.05) is 6.54 Å². The summed E-state index contributed by atoms with van der Waals surface area (Å²) in [6.07, 6.45) is 1.19. The second-order valence-electron chi connectivity index (χ2n) is 5.24. The van der Waals surface area contributed by atoms with E-state index >= 15 is 0 Å². The van der Waals surface area contributed by atoms with Crippen LogP contribution in [-0.2, 0) is 17.8 Å². The van der Waals surface area contributed by atoms with Crippen molar-refractivity contribution >= 4 is 6.09 Å². The van der Waals surface area contributed by atoms with E-state index in [0.717, 1.165) is 5.69 Å². The average Bonchev–Trinajstić information content (AvgIpc) is 2.68. The number of rotatable bonds is 0. The molecule has 2 heterocycles. The quantitative estimate of drug-likeness (QED) is 0.697. The summed E-state index contributed by atoms with van der Waals surface area (Å²) in [6, 6.07) is 2.08. The van der Waals surface area contributed by atoms with Gasteiger partial charge in [-0.2, -0.15) is 10.4 Å². The van der Waals surface area contributed by atoms with Crippen molar-refractivity contribution in [2.45, 2.75) is 39.5 Å². The van der Waals surface area contributed by atoms with E-state index in [1.54, 1.807) is 9.58 Å². The number of nitriles is 1. The lowest BCUT2D eigenvalue weighted by Crippen LogP contribution is -2.41. The predicted molar refractivity (Wildman–Crippen MR) is 63.6 cm³/mol. The van der Waals surface area contributed by atoms with Gasteiger partial charge in [-0.3, -0.25) is 4.68 Å². The van der Waals surface area contributed by atoms with Crippen molar-refractivity contribution < 1.29 is 9.53 Å². The van der Waals surface area contributed by atoms with Gasteiger partial charge in [0.2, 0.25) is 0 Å². The van der Waals surface area contributed by atoms with Crippen LogP contribution in [0.2, 0.25) is 0 Å². The van der Waals surface area contributed by atoms with Gasteiger partial charge in [-0.25, -0.2) is 4.79 Å². The van der Waals surface area contributed by atoms with Gasteiger partial charge in [-0.15, -0.1) is 0 Å². The topological polar surface area (TPSA) is 71.2 Å². The Bertz CT molecular complexity index is 507. The molecule has 0 atom stereocenters. The average molecular weight is 248 g/mol. The molecular weight excluding hydrogens is 232 g/mol. The van der Waals surface area contributed by atoms with Crippen LogP contribution < -0.4 is 0 Å². The van der Waals surface area contributed by atoms with Gasteiger partial charge in [0.05, 0.1) is 30.5 Å². The number of nitrogens with zero attached hydrogens (tertiary/aromatic N) is 4. The van der Waals surface area contributed by atoms with Crippen LogP contribution in [0.3, 0.4) is 0 Å².